The molecule has 20 heavy (non-hydrogen) atoms. The average Bonchev–Trinajstić information content (AvgIpc) is 2.46. The Kier molecular flexibility index (Phi) is 7.52. The van der Waals surface area contributed by atoms with Crippen molar-refractivity contribution in [2.24, 2.45) is 0 Å². The summed E-state index contributed by atoms with van der Waals surface area (Å²) in [7, 11) is 0. The first-order valence-electron chi connectivity index (χ1n) is 6.73. The van der Waals surface area contributed by atoms with E-state index >= 15 is 0 Å². The van der Waals surface area contributed by atoms with Crippen molar-refractivity contribution in [2.75, 3.05) is 45.3 Å². The summed E-state index contributed by atoms with van der Waals surface area (Å²) in [6, 6.07) is 3.13. The summed E-state index contributed by atoms with van der Waals surface area (Å²) in [5.41, 5.74) is 5.73. The molecule has 1 aromatic rings. The van der Waals surface area contributed by atoms with Gasteiger partial charge in [-0.3, -0.25) is 4.79 Å². The molecule has 0 aliphatic carbocycles. The van der Waals surface area contributed by atoms with Gasteiger partial charge in [-0.15, -0.1) is 10.2 Å². The third kappa shape index (κ3) is 5.50. The van der Waals surface area contributed by atoms with Crippen molar-refractivity contribution in [1.82, 2.24) is 15.1 Å². The van der Waals surface area contributed by atoms with Crippen LogP contribution in [0, 0.1) is 0 Å². The molecule has 0 aliphatic heterocycles. The van der Waals surface area contributed by atoms with E-state index in [1.54, 1.807) is 17.0 Å². The van der Waals surface area contributed by atoms with Crippen molar-refractivity contribution in [2.45, 2.75) is 13.8 Å². The van der Waals surface area contributed by atoms with E-state index in [-0.39, 0.29) is 17.4 Å². The van der Waals surface area contributed by atoms with Crippen LogP contribution in [0.5, 0.6) is 0 Å². The molecule has 7 nitrogen and oxygen atoms in total. The topological polar surface area (TPSA) is 90.6 Å². The molecule has 0 fully saturated rings. The summed E-state index contributed by atoms with van der Waals surface area (Å²) in [6.07, 6.45) is 0. The third-order valence-electron chi connectivity index (χ3n) is 2.61. The van der Waals surface area contributed by atoms with E-state index in [0.717, 1.165) is 0 Å². The van der Waals surface area contributed by atoms with Gasteiger partial charge < -0.3 is 20.1 Å². The molecule has 0 bridgehead atoms. The minimum Gasteiger partial charge on any atom is -0.382 e. The molecule has 0 atom stereocenters. The summed E-state index contributed by atoms with van der Waals surface area (Å²) >= 11 is 0. The van der Waals surface area contributed by atoms with Crippen LogP contribution in [-0.4, -0.2) is 60.5 Å². The lowest BCUT2D eigenvalue weighted by molar-refractivity contribution is 0.0544. The summed E-state index contributed by atoms with van der Waals surface area (Å²) < 4.78 is 10.6. The van der Waals surface area contributed by atoms with Gasteiger partial charge in [0, 0.05) is 26.3 Å². The Hall–Kier alpha value is -1.73. The molecule has 0 aromatic carbocycles. The highest BCUT2D eigenvalue weighted by atomic mass is 16.5. The second-order valence-electron chi connectivity index (χ2n) is 4.03. The Morgan fingerprint density at radius 2 is 1.75 bits per heavy atom. The minimum atomic E-state index is -0.197. The predicted octanol–water partition coefficient (Wildman–Crippen LogP) is 0.574. The lowest BCUT2D eigenvalue weighted by Crippen LogP contribution is -2.37. The van der Waals surface area contributed by atoms with Crippen LogP contribution in [0.15, 0.2) is 12.1 Å². The molecule has 0 aliphatic rings. The maximum atomic E-state index is 12.3. The predicted molar refractivity (Wildman–Crippen MR) is 75.3 cm³/mol. The molecule has 0 radical (unpaired) electrons. The molecule has 1 aromatic heterocycles. The Balaban J connectivity index is 2.63. The maximum absolute atomic E-state index is 12.3. The molecule has 0 spiro atoms. The summed E-state index contributed by atoms with van der Waals surface area (Å²) in [6.45, 7) is 7.02. The summed E-state index contributed by atoms with van der Waals surface area (Å²) in [5.74, 6) is 0.0913. The molecule has 1 rings (SSSR count). The van der Waals surface area contributed by atoms with Gasteiger partial charge in [0.25, 0.3) is 5.91 Å². The number of hydrogen-bond donors (Lipinski definition) is 1. The van der Waals surface area contributed by atoms with Crippen molar-refractivity contribution >= 4 is 11.7 Å². The van der Waals surface area contributed by atoms with Crippen LogP contribution in [0.4, 0.5) is 5.82 Å². The SMILES string of the molecule is CCOCCN(CCOCC)C(=O)c1ccc(N)nn1. The normalized spacial score (nSPS) is 10.5. The quantitative estimate of drug-likeness (QED) is 0.666. The van der Waals surface area contributed by atoms with Crippen molar-refractivity contribution in [3.8, 4) is 0 Å². The lowest BCUT2D eigenvalue weighted by atomic mass is 10.3. The number of nitrogens with zero attached hydrogens (tertiary/aromatic N) is 3. The van der Waals surface area contributed by atoms with Crippen LogP contribution < -0.4 is 5.73 Å². The number of anilines is 1. The number of ether oxygens (including phenoxy) is 2. The fraction of sp³-hybridized carbons (Fsp3) is 0.615. The molecule has 1 amide bonds. The second-order valence-corrected chi connectivity index (χ2v) is 4.03. The van der Waals surface area contributed by atoms with Crippen LogP contribution in [0.25, 0.3) is 0 Å². The van der Waals surface area contributed by atoms with E-state index in [1.165, 1.54) is 0 Å². The van der Waals surface area contributed by atoms with Crippen LogP contribution in [0.1, 0.15) is 24.3 Å². The largest absolute Gasteiger partial charge is 0.382 e. The zero-order valence-corrected chi connectivity index (χ0v) is 12.0. The molecule has 1 heterocycles. The van der Waals surface area contributed by atoms with Crippen LogP contribution in [-0.2, 0) is 9.47 Å². The first kappa shape index (κ1) is 16.3. The minimum absolute atomic E-state index is 0.197. The maximum Gasteiger partial charge on any atom is 0.274 e. The highest BCUT2D eigenvalue weighted by Gasteiger charge is 2.17. The number of aromatic nitrogens is 2. The average molecular weight is 282 g/mol. The van der Waals surface area contributed by atoms with E-state index in [9.17, 15) is 4.79 Å². The molecule has 0 saturated heterocycles. The molecular weight excluding hydrogens is 260 g/mol. The van der Waals surface area contributed by atoms with E-state index in [2.05, 4.69) is 10.2 Å². The van der Waals surface area contributed by atoms with E-state index in [1.807, 2.05) is 13.8 Å². The van der Waals surface area contributed by atoms with Gasteiger partial charge in [0.05, 0.1) is 13.2 Å². The summed E-state index contributed by atoms with van der Waals surface area (Å²) in [5, 5.41) is 7.50. The van der Waals surface area contributed by atoms with Crippen LogP contribution in [0.3, 0.4) is 0 Å². The van der Waals surface area contributed by atoms with Gasteiger partial charge in [-0.25, -0.2) is 0 Å². The van der Waals surface area contributed by atoms with Gasteiger partial charge in [0.2, 0.25) is 0 Å². The Morgan fingerprint density at radius 1 is 1.15 bits per heavy atom. The van der Waals surface area contributed by atoms with Gasteiger partial charge in [-0.1, -0.05) is 0 Å². The van der Waals surface area contributed by atoms with Crippen molar-refractivity contribution in [1.29, 1.82) is 0 Å². The number of rotatable bonds is 9. The number of carbonyl (C=O) groups excluding carboxylic acids is 1. The van der Waals surface area contributed by atoms with E-state index < -0.39 is 0 Å². The monoisotopic (exact) mass is 282 g/mol. The smallest absolute Gasteiger partial charge is 0.274 e. The Labute approximate surface area is 119 Å². The standard InChI is InChI=1S/C13H22N4O3/c1-3-19-9-7-17(8-10-20-4-2)13(18)11-5-6-12(14)16-15-11/h5-6H,3-4,7-10H2,1-2H3,(H2,14,16). The number of carbonyl (C=O) groups is 1. The zero-order chi connectivity index (χ0) is 14.8. The van der Waals surface area contributed by atoms with Crippen LogP contribution >= 0.6 is 0 Å². The summed E-state index contributed by atoms with van der Waals surface area (Å²) in [4.78, 5) is 14.0. The van der Waals surface area contributed by atoms with Gasteiger partial charge >= 0.3 is 0 Å². The van der Waals surface area contributed by atoms with E-state index in [4.69, 9.17) is 15.2 Å². The lowest BCUT2D eigenvalue weighted by Gasteiger charge is -2.21. The highest BCUT2D eigenvalue weighted by molar-refractivity contribution is 5.92. The Morgan fingerprint density at radius 3 is 2.20 bits per heavy atom. The fourth-order valence-corrected chi connectivity index (χ4v) is 1.57. The number of nitrogens with two attached hydrogens (primary N) is 1. The van der Waals surface area contributed by atoms with Crippen molar-refractivity contribution in [3.05, 3.63) is 17.8 Å². The number of amides is 1. The highest BCUT2D eigenvalue weighted by Crippen LogP contribution is 2.03. The molecular formula is C13H22N4O3. The Bertz CT molecular complexity index is 387. The van der Waals surface area contributed by atoms with Gasteiger partial charge in [0.1, 0.15) is 5.82 Å². The van der Waals surface area contributed by atoms with E-state index in [0.29, 0.717) is 39.5 Å². The molecule has 0 saturated carbocycles. The first-order chi connectivity index (χ1) is 9.69. The fourth-order valence-electron chi connectivity index (χ4n) is 1.57. The molecule has 0 unspecified atom stereocenters. The number of nitrogen functional groups attached to an aromatic ring is 1. The van der Waals surface area contributed by atoms with Gasteiger partial charge in [-0.05, 0) is 26.0 Å². The van der Waals surface area contributed by atoms with Crippen molar-refractivity contribution < 1.29 is 14.3 Å². The number of hydrogen-bond acceptors (Lipinski definition) is 6. The van der Waals surface area contributed by atoms with Gasteiger partial charge in [0.15, 0.2) is 5.69 Å². The molecule has 112 valence electrons. The third-order valence-corrected chi connectivity index (χ3v) is 2.61. The molecule has 7 heteroatoms. The zero-order valence-electron chi connectivity index (χ0n) is 12.0. The first-order valence-corrected chi connectivity index (χ1v) is 6.73. The molecule has 2 N–H and O–H groups in total. The van der Waals surface area contributed by atoms with Crippen LogP contribution in [0.2, 0.25) is 0 Å². The second kappa shape index (κ2) is 9.22. The van der Waals surface area contributed by atoms with Crippen molar-refractivity contribution in [3.63, 3.8) is 0 Å². The van der Waals surface area contributed by atoms with Gasteiger partial charge in [-0.2, -0.15) is 0 Å².